The van der Waals surface area contributed by atoms with Crippen molar-refractivity contribution < 1.29 is 32.1 Å². The fraction of sp³-hybridized carbons (Fsp3) is 0.484. The molecule has 1 heterocycles. The van der Waals surface area contributed by atoms with E-state index in [2.05, 4.69) is 4.90 Å². The van der Waals surface area contributed by atoms with Gasteiger partial charge in [-0.3, -0.25) is 0 Å². The lowest BCUT2D eigenvalue weighted by atomic mass is 9.62. The summed E-state index contributed by atoms with van der Waals surface area (Å²) in [6.45, 7) is 3.11. The van der Waals surface area contributed by atoms with Crippen molar-refractivity contribution in [2.45, 2.75) is 56.7 Å². The number of aliphatic hydroxyl groups is 1. The van der Waals surface area contributed by atoms with Crippen molar-refractivity contribution in [1.82, 2.24) is 0 Å². The molecule has 1 N–H and O–H groups in total. The van der Waals surface area contributed by atoms with Crippen LogP contribution in [-0.2, 0) is 9.47 Å². The van der Waals surface area contributed by atoms with Crippen LogP contribution in [0.15, 0.2) is 59.9 Å². The van der Waals surface area contributed by atoms with Crippen LogP contribution in [0.2, 0.25) is 0 Å². The molecular weight excluding hydrogens is 510 g/mol. The molecule has 1 saturated carbocycles. The van der Waals surface area contributed by atoms with E-state index in [-0.39, 0.29) is 29.6 Å². The number of rotatable bonds is 6. The van der Waals surface area contributed by atoms with Crippen LogP contribution in [0.1, 0.15) is 54.2 Å². The molecule has 3 aliphatic rings. The fourth-order valence-electron chi connectivity index (χ4n) is 6.67. The maximum atomic E-state index is 15.5. The van der Waals surface area contributed by atoms with Crippen LogP contribution in [0.25, 0.3) is 0 Å². The summed E-state index contributed by atoms with van der Waals surface area (Å²) in [4.78, 5) is 2.27. The van der Waals surface area contributed by atoms with Crippen molar-refractivity contribution in [3.8, 4) is 0 Å². The minimum Gasteiger partial charge on any atom is -0.512 e. The number of allylic oxidation sites excluding steroid dienone is 4. The van der Waals surface area contributed by atoms with Gasteiger partial charge in [-0.2, -0.15) is 0 Å². The Balaban J connectivity index is 1.48. The van der Waals surface area contributed by atoms with Crippen LogP contribution in [0.4, 0.5) is 23.2 Å². The second-order valence-electron chi connectivity index (χ2n) is 11.0. The lowest BCUT2D eigenvalue weighted by Gasteiger charge is -2.45. The third-order valence-corrected chi connectivity index (χ3v) is 8.73. The first-order valence-electron chi connectivity index (χ1n) is 13.5. The Hall–Kier alpha value is -2.84. The Morgan fingerprint density at radius 1 is 0.974 bits per heavy atom. The predicted octanol–water partition coefficient (Wildman–Crippen LogP) is 7.40. The van der Waals surface area contributed by atoms with Crippen molar-refractivity contribution in [2.75, 3.05) is 32.2 Å². The molecule has 0 amide bonds. The summed E-state index contributed by atoms with van der Waals surface area (Å²) in [5.74, 6) is -7.02. The van der Waals surface area contributed by atoms with Crippen molar-refractivity contribution >= 4 is 5.69 Å². The highest BCUT2D eigenvalue weighted by Crippen LogP contribution is 2.58. The summed E-state index contributed by atoms with van der Waals surface area (Å²) in [5, 5.41) is 10.0. The molecule has 0 bridgehead atoms. The first-order valence-corrected chi connectivity index (χ1v) is 13.5. The third kappa shape index (κ3) is 5.33. The zero-order valence-electron chi connectivity index (χ0n) is 22.5. The molecule has 3 atom stereocenters. The number of halogens is 4. The predicted molar refractivity (Wildman–Crippen MR) is 142 cm³/mol. The molecule has 210 valence electrons. The van der Waals surface area contributed by atoms with E-state index >= 15 is 13.2 Å². The van der Waals surface area contributed by atoms with Gasteiger partial charge in [-0.1, -0.05) is 23.8 Å². The van der Waals surface area contributed by atoms with E-state index in [9.17, 15) is 9.50 Å². The van der Waals surface area contributed by atoms with Gasteiger partial charge in [-0.25, -0.2) is 17.6 Å². The largest absolute Gasteiger partial charge is 0.512 e. The van der Waals surface area contributed by atoms with E-state index in [0.717, 1.165) is 49.3 Å². The van der Waals surface area contributed by atoms with E-state index < -0.39 is 41.7 Å². The number of piperidine rings is 1. The van der Waals surface area contributed by atoms with Crippen molar-refractivity contribution in [3.63, 3.8) is 0 Å². The third-order valence-electron chi connectivity index (χ3n) is 8.73. The molecule has 0 aromatic heterocycles. The molecule has 1 saturated heterocycles. The molecule has 2 aromatic rings. The van der Waals surface area contributed by atoms with E-state index in [0.29, 0.717) is 11.5 Å². The molecule has 2 aromatic carbocycles. The zero-order valence-corrected chi connectivity index (χ0v) is 22.5. The van der Waals surface area contributed by atoms with Crippen LogP contribution in [0.3, 0.4) is 0 Å². The quantitative estimate of drug-likeness (QED) is 0.303. The molecule has 1 aliphatic heterocycles. The van der Waals surface area contributed by atoms with Crippen LogP contribution < -0.4 is 4.90 Å². The minimum absolute atomic E-state index is 0.0436. The van der Waals surface area contributed by atoms with Gasteiger partial charge in [0.05, 0.1) is 11.7 Å². The number of anilines is 1. The van der Waals surface area contributed by atoms with E-state index in [1.54, 1.807) is 14.2 Å². The molecule has 4 nitrogen and oxygen atoms in total. The lowest BCUT2D eigenvalue weighted by Crippen LogP contribution is -2.42. The smallest absolute Gasteiger partial charge is 0.255 e. The van der Waals surface area contributed by atoms with Gasteiger partial charge in [0, 0.05) is 63.6 Å². The highest BCUT2D eigenvalue weighted by Gasteiger charge is 2.53. The topological polar surface area (TPSA) is 41.9 Å². The van der Waals surface area contributed by atoms with Crippen LogP contribution in [0, 0.1) is 30.4 Å². The Morgan fingerprint density at radius 2 is 1.64 bits per heavy atom. The Bertz CT molecular complexity index is 1250. The fourth-order valence-corrected chi connectivity index (χ4v) is 6.67. The second-order valence-corrected chi connectivity index (χ2v) is 11.0. The van der Waals surface area contributed by atoms with Crippen LogP contribution in [0.5, 0.6) is 0 Å². The standard InChI is InChI=1S/C31H35F4NO3/c1-18-14-28(33)24(16-27(18)32)25-17-31(34,35)26-15-22(37)8-9-23(26)29(25)19-4-6-21(7-5-19)36-12-10-20(11-13-36)30(38-2)39-3/h4-9,14,16,20,25-26,29-30,37H,10-13,15,17H2,1-3H3/t25-,26?,29-/m1/s1. The highest BCUT2D eigenvalue weighted by atomic mass is 19.3. The molecule has 2 aliphatic carbocycles. The number of alkyl halides is 2. The highest BCUT2D eigenvalue weighted by molar-refractivity contribution is 5.52. The number of methoxy groups -OCH3 is 2. The summed E-state index contributed by atoms with van der Waals surface area (Å²) >= 11 is 0. The maximum Gasteiger partial charge on any atom is 0.255 e. The SMILES string of the molecule is COC(OC)C1CCN(c2ccc([C@@H]3C4=CC=C(O)CC4C(F)(F)C[C@@H]3c3cc(F)c(C)cc3F)cc2)CC1. The Labute approximate surface area is 226 Å². The minimum atomic E-state index is -3.18. The molecule has 2 fully saturated rings. The van der Waals surface area contributed by atoms with Gasteiger partial charge in [0.1, 0.15) is 11.6 Å². The van der Waals surface area contributed by atoms with Crippen molar-refractivity contribution in [2.24, 2.45) is 11.8 Å². The van der Waals surface area contributed by atoms with E-state index in [4.69, 9.17) is 9.47 Å². The lowest BCUT2D eigenvalue weighted by molar-refractivity contribution is -0.141. The van der Waals surface area contributed by atoms with Crippen LogP contribution >= 0.6 is 0 Å². The first kappa shape index (κ1) is 27.7. The van der Waals surface area contributed by atoms with Gasteiger partial charge in [0.15, 0.2) is 6.29 Å². The number of aliphatic hydroxyl groups excluding tert-OH is 1. The average Bonchev–Trinajstić information content (AvgIpc) is 2.92. The molecule has 1 unspecified atom stereocenters. The van der Waals surface area contributed by atoms with Gasteiger partial charge >= 0.3 is 0 Å². The molecule has 0 spiro atoms. The number of fused-ring (bicyclic) bond motifs is 1. The van der Waals surface area contributed by atoms with Crippen molar-refractivity contribution in [3.05, 3.63) is 88.2 Å². The zero-order chi connectivity index (χ0) is 27.9. The molecule has 0 radical (unpaired) electrons. The number of ether oxygens (including phenoxy) is 2. The number of aryl methyl sites for hydroxylation is 1. The molecular formula is C31H35F4NO3. The molecule has 5 rings (SSSR count). The number of benzene rings is 2. The van der Waals surface area contributed by atoms with E-state index in [1.165, 1.54) is 19.1 Å². The average molecular weight is 546 g/mol. The van der Waals surface area contributed by atoms with Gasteiger partial charge < -0.3 is 19.5 Å². The summed E-state index contributed by atoms with van der Waals surface area (Å²) in [5.41, 5.74) is 2.31. The summed E-state index contributed by atoms with van der Waals surface area (Å²) in [6.07, 6.45) is 3.76. The monoisotopic (exact) mass is 545 g/mol. The Kier molecular flexibility index (Phi) is 7.80. The first-order chi connectivity index (χ1) is 18.6. The maximum absolute atomic E-state index is 15.5. The Morgan fingerprint density at radius 3 is 2.28 bits per heavy atom. The van der Waals surface area contributed by atoms with Crippen LogP contribution in [-0.4, -0.2) is 44.6 Å². The summed E-state index contributed by atoms with van der Waals surface area (Å²) in [7, 11) is 3.29. The van der Waals surface area contributed by atoms with E-state index in [1.807, 2.05) is 24.3 Å². The second kappa shape index (κ2) is 11.0. The molecule has 39 heavy (non-hydrogen) atoms. The molecule has 8 heteroatoms. The van der Waals surface area contributed by atoms with Gasteiger partial charge in [-0.05, 0) is 66.8 Å². The normalized spacial score (nSPS) is 25.3. The summed E-state index contributed by atoms with van der Waals surface area (Å²) < 4.78 is 71.6. The number of hydrogen-bond donors (Lipinski definition) is 1. The summed E-state index contributed by atoms with van der Waals surface area (Å²) in [6, 6.07) is 9.92. The number of hydrogen-bond acceptors (Lipinski definition) is 4. The van der Waals surface area contributed by atoms with Gasteiger partial charge in [0.2, 0.25) is 0 Å². The van der Waals surface area contributed by atoms with Crippen molar-refractivity contribution in [1.29, 1.82) is 0 Å². The number of nitrogens with zero attached hydrogens (tertiary/aromatic N) is 1. The van der Waals surface area contributed by atoms with Gasteiger partial charge in [0.25, 0.3) is 5.92 Å². The van der Waals surface area contributed by atoms with Gasteiger partial charge in [-0.15, -0.1) is 0 Å².